The molecule has 0 bridgehead atoms. The highest BCUT2D eigenvalue weighted by molar-refractivity contribution is 7.13. The standard InChI is InChI=1S/C12H11F2N3OS/c1-8-7-19-12(16-8)17-15-6-9-2-4-10(5-3-9)18-11(13)14/h2-7,11H,1H3,(H,16,17). The van der Waals surface area contributed by atoms with Gasteiger partial charge in [-0.05, 0) is 36.8 Å². The lowest BCUT2D eigenvalue weighted by molar-refractivity contribution is -0.0498. The van der Waals surface area contributed by atoms with E-state index in [0.717, 1.165) is 11.3 Å². The molecule has 0 radical (unpaired) electrons. The van der Waals surface area contributed by atoms with Crippen molar-refractivity contribution in [2.45, 2.75) is 13.5 Å². The Morgan fingerprint density at radius 2 is 2.11 bits per heavy atom. The van der Waals surface area contributed by atoms with Gasteiger partial charge in [-0.2, -0.15) is 13.9 Å². The molecule has 1 aromatic carbocycles. The van der Waals surface area contributed by atoms with E-state index < -0.39 is 6.61 Å². The van der Waals surface area contributed by atoms with Crippen LogP contribution in [-0.2, 0) is 0 Å². The molecule has 0 fully saturated rings. The Kier molecular flexibility index (Phi) is 4.40. The van der Waals surface area contributed by atoms with E-state index in [1.54, 1.807) is 18.3 Å². The minimum absolute atomic E-state index is 0.121. The summed E-state index contributed by atoms with van der Waals surface area (Å²) >= 11 is 1.45. The monoisotopic (exact) mass is 283 g/mol. The number of hydrogen-bond donors (Lipinski definition) is 1. The Hall–Kier alpha value is -2.02. The second-order valence-corrected chi connectivity index (χ2v) is 4.47. The van der Waals surface area contributed by atoms with E-state index in [4.69, 9.17) is 0 Å². The lowest BCUT2D eigenvalue weighted by Gasteiger charge is -2.03. The van der Waals surface area contributed by atoms with Gasteiger partial charge in [0.15, 0.2) is 0 Å². The van der Waals surface area contributed by atoms with E-state index in [1.807, 2.05) is 12.3 Å². The number of halogens is 2. The van der Waals surface area contributed by atoms with Gasteiger partial charge in [0.1, 0.15) is 5.75 Å². The Balaban J connectivity index is 1.92. The van der Waals surface area contributed by atoms with Crippen LogP contribution in [0, 0.1) is 6.92 Å². The second kappa shape index (κ2) is 6.24. The fourth-order valence-corrected chi connectivity index (χ4v) is 1.94. The van der Waals surface area contributed by atoms with Crippen LogP contribution in [0.25, 0.3) is 0 Å². The van der Waals surface area contributed by atoms with Crippen molar-refractivity contribution in [1.82, 2.24) is 4.98 Å². The average molecular weight is 283 g/mol. The third-order valence-corrected chi connectivity index (χ3v) is 2.96. The minimum atomic E-state index is -2.81. The molecule has 0 aliphatic heterocycles. The van der Waals surface area contributed by atoms with Gasteiger partial charge in [0.25, 0.3) is 0 Å². The summed E-state index contributed by atoms with van der Waals surface area (Å²) in [4.78, 5) is 4.18. The maximum Gasteiger partial charge on any atom is 0.387 e. The highest BCUT2D eigenvalue weighted by Crippen LogP contribution is 2.15. The number of rotatable bonds is 5. The number of nitrogens with zero attached hydrogens (tertiary/aromatic N) is 2. The number of aryl methyl sites for hydroxylation is 1. The Morgan fingerprint density at radius 1 is 1.37 bits per heavy atom. The number of aromatic nitrogens is 1. The smallest absolute Gasteiger partial charge is 0.387 e. The van der Waals surface area contributed by atoms with Crippen LogP contribution < -0.4 is 10.2 Å². The number of alkyl halides is 2. The Labute approximate surface area is 112 Å². The first-order valence-electron chi connectivity index (χ1n) is 5.39. The van der Waals surface area contributed by atoms with Gasteiger partial charge in [0.05, 0.1) is 11.9 Å². The molecule has 1 N–H and O–H groups in total. The third kappa shape index (κ3) is 4.29. The van der Waals surface area contributed by atoms with Gasteiger partial charge in [-0.1, -0.05) is 0 Å². The number of nitrogens with one attached hydrogen (secondary N) is 1. The van der Waals surface area contributed by atoms with Gasteiger partial charge in [-0.3, -0.25) is 5.43 Å². The van der Waals surface area contributed by atoms with Crippen molar-refractivity contribution in [2.24, 2.45) is 5.10 Å². The van der Waals surface area contributed by atoms with E-state index in [9.17, 15) is 8.78 Å². The Morgan fingerprint density at radius 3 is 2.68 bits per heavy atom. The van der Waals surface area contributed by atoms with Gasteiger partial charge < -0.3 is 4.74 Å². The number of benzene rings is 1. The van der Waals surface area contributed by atoms with Crippen LogP contribution in [0.4, 0.5) is 13.9 Å². The predicted molar refractivity (Wildman–Crippen MR) is 71.1 cm³/mol. The SMILES string of the molecule is Cc1csc(NN=Cc2ccc(OC(F)F)cc2)n1. The Bertz CT molecular complexity index is 554. The summed E-state index contributed by atoms with van der Waals surface area (Å²) in [6, 6.07) is 6.19. The molecule has 2 rings (SSSR count). The molecular weight excluding hydrogens is 272 g/mol. The lowest BCUT2D eigenvalue weighted by atomic mass is 10.2. The number of hydrazone groups is 1. The maximum atomic E-state index is 11.9. The topological polar surface area (TPSA) is 46.5 Å². The van der Waals surface area contributed by atoms with Crippen molar-refractivity contribution in [2.75, 3.05) is 5.43 Å². The molecule has 0 atom stereocenters. The summed E-state index contributed by atoms with van der Waals surface area (Å²) < 4.78 is 28.1. The van der Waals surface area contributed by atoms with Crippen LogP contribution in [0.2, 0.25) is 0 Å². The highest BCUT2D eigenvalue weighted by Gasteiger charge is 2.02. The van der Waals surface area contributed by atoms with Crippen molar-refractivity contribution in [3.05, 3.63) is 40.9 Å². The molecule has 1 heterocycles. The molecule has 7 heteroatoms. The fourth-order valence-electron chi connectivity index (χ4n) is 1.30. The first-order valence-corrected chi connectivity index (χ1v) is 6.27. The number of anilines is 1. The molecular formula is C12H11F2N3OS. The highest BCUT2D eigenvalue weighted by atomic mass is 32.1. The van der Waals surface area contributed by atoms with E-state index in [1.165, 1.54) is 23.5 Å². The van der Waals surface area contributed by atoms with Gasteiger partial charge in [0, 0.05) is 5.38 Å². The summed E-state index contributed by atoms with van der Waals surface area (Å²) in [7, 11) is 0. The molecule has 0 saturated carbocycles. The molecule has 0 aliphatic carbocycles. The molecule has 1 aromatic heterocycles. The lowest BCUT2D eigenvalue weighted by Crippen LogP contribution is -2.01. The summed E-state index contributed by atoms with van der Waals surface area (Å²) in [6.07, 6.45) is 1.57. The molecule has 0 saturated heterocycles. The first kappa shape index (κ1) is 13.4. The largest absolute Gasteiger partial charge is 0.435 e. The van der Waals surface area contributed by atoms with Crippen LogP contribution in [-0.4, -0.2) is 17.8 Å². The van der Waals surface area contributed by atoms with E-state index in [0.29, 0.717) is 5.13 Å². The summed E-state index contributed by atoms with van der Waals surface area (Å²) in [5.41, 5.74) is 4.48. The van der Waals surface area contributed by atoms with Crippen LogP contribution in [0.15, 0.2) is 34.7 Å². The number of hydrogen-bond acceptors (Lipinski definition) is 5. The second-order valence-electron chi connectivity index (χ2n) is 3.61. The average Bonchev–Trinajstić information content (AvgIpc) is 2.77. The number of ether oxygens (including phenoxy) is 1. The van der Waals surface area contributed by atoms with E-state index in [-0.39, 0.29) is 5.75 Å². The molecule has 0 aliphatic rings. The van der Waals surface area contributed by atoms with Crippen molar-refractivity contribution in [1.29, 1.82) is 0 Å². The summed E-state index contributed by atoms with van der Waals surface area (Å²) in [5, 5.41) is 6.61. The molecule has 0 unspecified atom stereocenters. The van der Waals surface area contributed by atoms with Crippen LogP contribution in [0.3, 0.4) is 0 Å². The molecule has 4 nitrogen and oxygen atoms in total. The van der Waals surface area contributed by atoms with Gasteiger partial charge in [-0.15, -0.1) is 11.3 Å². The van der Waals surface area contributed by atoms with Crippen LogP contribution >= 0.6 is 11.3 Å². The molecule has 0 spiro atoms. The third-order valence-electron chi connectivity index (χ3n) is 2.10. The molecule has 0 amide bonds. The van der Waals surface area contributed by atoms with Crippen molar-refractivity contribution in [3.8, 4) is 5.75 Å². The van der Waals surface area contributed by atoms with Gasteiger partial charge >= 0.3 is 6.61 Å². The van der Waals surface area contributed by atoms with Crippen LogP contribution in [0.1, 0.15) is 11.3 Å². The zero-order valence-corrected chi connectivity index (χ0v) is 10.8. The molecule has 100 valence electrons. The zero-order chi connectivity index (χ0) is 13.7. The predicted octanol–water partition coefficient (Wildman–Crippen LogP) is 3.50. The van der Waals surface area contributed by atoms with E-state index in [2.05, 4.69) is 20.2 Å². The van der Waals surface area contributed by atoms with Gasteiger partial charge in [0.2, 0.25) is 5.13 Å². The molecule has 19 heavy (non-hydrogen) atoms. The quantitative estimate of drug-likeness (QED) is 0.675. The maximum absolute atomic E-state index is 11.9. The summed E-state index contributed by atoms with van der Waals surface area (Å²) in [5.74, 6) is 0.121. The first-order chi connectivity index (χ1) is 9.13. The fraction of sp³-hybridized carbons (Fsp3) is 0.167. The normalized spacial score (nSPS) is 11.2. The molecule has 2 aromatic rings. The van der Waals surface area contributed by atoms with Crippen molar-refractivity contribution in [3.63, 3.8) is 0 Å². The summed E-state index contributed by atoms with van der Waals surface area (Å²) in [6.45, 7) is -0.915. The van der Waals surface area contributed by atoms with Gasteiger partial charge in [-0.25, -0.2) is 4.98 Å². The van der Waals surface area contributed by atoms with Crippen molar-refractivity contribution < 1.29 is 13.5 Å². The minimum Gasteiger partial charge on any atom is -0.435 e. The number of thiazole rings is 1. The zero-order valence-electron chi connectivity index (χ0n) is 10.0. The van der Waals surface area contributed by atoms with Crippen LogP contribution in [0.5, 0.6) is 5.75 Å². The van der Waals surface area contributed by atoms with Crippen molar-refractivity contribution >= 4 is 22.7 Å². The van der Waals surface area contributed by atoms with E-state index >= 15 is 0 Å².